The minimum absolute atomic E-state index is 0.0804. The average molecular weight is 235 g/mol. The summed E-state index contributed by atoms with van der Waals surface area (Å²) in [6.45, 7) is 7.99. The number of pyridine rings is 1. The van der Waals surface area contributed by atoms with Crippen molar-refractivity contribution in [3.8, 4) is 0 Å². The van der Waals surface area contributed by atoms with Crippen LogP contribution < -0.4 is 0 Å². The normalized spacial score (nSPS) is 12.0. The van der Waals surface area contributed by atoms with Crippen LogP contribution in [-0.2, 0) is 7.05 Å². The van der Waals surface area contributed by atoms with Gasteiger partial charge in [-0.25, -0.2) is 4.39 Å². The van der Waals surface area contributed by atoms with E-state index in [0.717, 1.165) is 11.1 Å². The van der Waals surface area contributed by atoms with Gasteiger partial charge in [-0.1, -0.05) is 27.7 Å². The Balaban J connectivity index is 2.79. The van der Waals surface area contributed by atoms with Crippen LogP contribution in [0.3, 0.4) is 0 Å². The summed E-state index contributed by atoms with van der Waals surface area (Å²) in [5.74, 6) is 0.112. The van der Waals surface area contributed by atoms with Crippen LogP contribution in [0.15, 0.2) is 6.20 Å². The smallest absolute Gasteiger partial charge is 0.170 e. The predicted molar refractivity (Wildman–Crippen MR) is 66.6 cm³/mol. The molecule has 0 unspecified atom stereocenters. The highest BCUT2D eigenvalue weighted by Crippen LogP contribution is 2.28. The van der Waals surface area contributed by atoms with E-state index in [-0.39, 0.29) is 17.7 Å². The maximum atomic E-state index is 14.3. The van der Waals surface area contributed by atoms with Crippen molar-refractivity contribution >= 4 is 10.9 Å². The van der Waals surface area contributed by atoms with Crippen molar-refractivity contribution in [1.29, 1.82) is 0 Å². The SMILES string of the molecule is CC(C)c1ncc2c(C(C)C)nn(C)c2c1F. The van der Waals surface area contributed by atoms with Crippen molar-refractivity contribution in [2.45, 2.75) is 39.5 Å². The van der Waals surface area contributed by atoms with Crippen LogP contribution in [0.1, 0.15) is 50.9 Å². The van der Waals surface area contributed by atoms with Gasteiger partial charge in [0, 0.05) is 18.6 Å². The number of hydrogen-bond donors (Lipinski definition) is 0. The van der Waals surface area contributed by atoms with Gasteiger partial charge < -0.3 is 0 Å². The molecule has 0 aliphatic carbocycles. The molecule has 2 rings (SSSR count). The van der Waals surface area contributed by atoms with E-state index in [2.05, 4.69) is 23.9 Å². The van der Waals surface area contributed by atoms with Crippen LogP contribution in [0.25, 0.3) is 10.9 Å². The van der Waals surface area contributed by atoms with Gasteiger partial charge in [0.15, 0.2) is 5.82 Å². The largest absolute Gasteiger partial charge is 0.265 e. The van der Waals surface area contributed by atoms with E-state index in [4.69, 9.17) is 0 Å². The minimum atomic E-state index is -0.237. The lowest BCUT2D eigenvalue weighted by atomic mass is 10.0. The van der Waals surface area contributed by atoms with E-state index in [0.29, 0.717) is 11.2 Å². The number of aryl methyl sites for hydroxylation is 1. The van der Waals surface area contributed by atoms with Gasteiger partial charge in [-0.3, -0.25) is 9.67 Å². The molecule has 2 aromatic heterocycles. The van der Waals surface area contributed by atoms with Crippen molar-refractivity contribution in [2.24, 2.45) is 7.05 Å². The molecule has 0 aliphatic heterocycles. The first-order chi connectivity index (χ1) is 7.93. The van der Waals surface area contributed by atoms with Crippen molar-refractivity contribution in [1.82, 2.24) is 14.8 Å². The second kappa shape index (κ2) is 4.09. The first-order valence-electron chi connectivity index (χ1n) is 5.94. The minimum Gasteiger partial charge on any atom is -0.265 e. The van der Waals surface area contributed by atoms with E-state index in [1.165, 1.54) is 0 Å². The zero-order chi connectivity index (χ0) is 12.7. The van der Waals surface area contributed by atoms with Gasteiger partial charge in [0.1, 0.15) is 5.52 Å². The summed E-state index contributed by atoms with van der Waals surface area (Å²) >= 11 is 0. The Kier molecular flexibility index (Phi) is 2.89. The molecule has 2 heterocycles. The van der Waals surface area contributed by atoms with Gasteiger partial charge in [-0.2, -0.15) is 5.10 Å². The van der Waals surface area contributed by atoms with Crippen LogP contribution in [-0.4, -0.2) is 14.8 Å². The van der Waals surface area contributed by atoms with Crippen LogP contribution in [0, 0.1) is 5.82 Å². The fourth-order valence-corrected chi connectivity index (χ4v) is 2.09. The lowest BCUT2D eigenvalue weighted by Crippen LogP contribution is -2.00. The number of nitrogens with zero attached hydrogens (tertiary/aromatic N) is 3. The third kappa shape index (κ3) is 1.81. The number of rotatable bonds is 2. The fraction of sp³-hybridized carbons (Fsp3) is 0.538. The molecule has 0 saturated carbocycles. The monoisotopic (exact) mass is 235 g/mol. The molecule has 3 nitrogen and oxygen atoms in total. The molecule has 0 amide bonds. The Morgan fingerprint density at radius 3 is 2.24 bits per heavy atom. The van der Waals surface area contributed by atoms with E-state index in [1.807, 2.05) is 13.8 Å². The summed E-state index contributed by atoms with van der Waals surface area (Å²) < 4.78 is 16.0. The van der Waals surface area contributed by atoms with Crippen LogP contribution in [0.5, 0.6) is 0 Å². The van der Waals surface area contributed by atoms with Gasteiger partial charge in [0.05, 0.1) is 11.4 Å². The lowest BCUT2D eigenvalue weighted by Gasteiger charge is -2.07. The molecule has 92 valence electrons. The van der Waals surface area contributed by atoms with Crippen molar-refractivity contribution in [3.05, 3.63) is 23.4 Å². The van der Waals surface area contributed by atoms with Crippen molar-refractivity contribution < 1.29 is 4.39 Å². The Labute approximate surface area is 101 Å². The first-order valence-corrected chi connectivity index (χ1v) is 5.94. The van der Waals surface area contributed by atoms with E-state index in [1.54, 1.807) is 17.9 Å². The summed E-state index contributed by atoms with van der Waals surface area (Å²) in [7, 11) is 1.78. The van der Waals surface area contributed by atoms with E-state index < -0.39 is 0 Å². The van der Waals surface area contributed by atoms with Crippen LogP contribution in [0.2, 0.25) is 0 Å². The van der Waals surface area contributed by atoms with Crippen molar-refractivity contribution in [3.63, 3.8) is 0 Å². The number of halogens is 1. The summed E-state index contributed by atoms with van der Waals surface area (Å²) in [5, 5.41) is 5.21. The van der Waals surface area contributed by atoms with Gasteiger partial charge in [-0.15, -0.1) is 0 Å². The summed E-state index contributed by atoms with van der Waals surface area (Å²) in [6.07, 6.45) is 1.75. The summed E-state index contributed by atoms with van der Waals surface area (Å²) in [6, 6.07) is 0. The second-order valence-electron chi connectivity index (χ2n) is 5.04. The van der Waals surface area contributed by atoms with E-state index in [9.17, 15) is 4.39 Å². The Hall–Kier alpha value is -1.45. The second-order valence-corrected chi connectivity index (χ2v) is 5.04. The molecule has 0 fully saturated rings. The summed E-state index contributed by atoms with van der Waals surface area (Å²) in [4.78, 5) is 4.23. The average Bonchev–Trinajstić information content (AvgIpc) is 2.56. The molecule has 0 saturated heterocycles. The third-order valence-electron chi connectivity index (χ3n) is 2.97. The van der Waals surface area contributed by atoms with Gasteiger partial charge >= 0.3 is 0 Å². The molecule has 0 spiro atoms. The molecule has 2 aromatic rings. The molecular weight excluding hydrogens is 217 g/mol. The van der Waals surface area contributed by atoms with E-state index >= 15 is 0 Å². The first kappa shape index (κ1) is 12.0. The van der Waals surface area contributed by atoms with Crippen LogP contribution >= 0.6 is 0 Å². The maximum Gasteiger partial charge on any atom is 0.170 e. The molecule has 0 aromatic carbocycles. The molecule has 17 heavy (non-hydrogen) atoms. The third-order valence-corrected chi connectivity index (χ3v) is 2.97. The zero-order valence-electron chi connectivity index (χ0n) is 11.0. The van der Waals surface area contributed by atoms with Gasteiger partial charge in [0.2, 0.25) is 0 Å². The predicted octanol–water partition coefficient (Wildman–Crippen LogP) is 3.35. The highest BCUT2D eigenvalue weighted by atomic mass is 19.1. The Morgan fingerprint density at radius 1 is 1.12 bits per heavy atom. The Morgan fingerprint density at radius 2 is 1.71 bits per heavy atom. The maximum absolute atomic E-state index is 14.3. The number of aromatic nitrogens is 3. The fourth-order valence-electron chi connectivity index (χ4n) is 2.09. The highest BCUT2D eigenvalue weighted by molar-refractivity contribution is 5.82. The topological polar surface area (TPSA) is 30.7 Å². The number of fused-ring (bicyclic) bond motifs is 1. The standard InChI is InChI=1S/C13H18FN3/c1-7(2)11-9-6-15-12(8(3)4)10(14)13(9)17(5)16-11/h6-8H,1-5H3. The molecule has 0 aliphatic rings. The van der Waals surface area contributed by atoms with Gasteiger partial charge in [0.25, 0.3) is 0 Å². The quantitative estimate of drug-likeness (QED) is 0.799. The Bertz CT molecular complexity index is 555. The number of hydrogen-bond acceptors (Lipinski definition) is 2. The molecule has 0 bridgehead atoms. The highest BCUT2D eigenvalue weighted by Gasteiger charge is 2.19. The van der Waals surface area contributed by atoms with Gasteiger partial charge in [-0.05, 0) is 11.8 Å². The lowest BCUT2D eigenvalue weighted by molar-refractivity contribution is 0.585. The van der Waals surface area contributed by atoms with Crippen LogP contribution in [0.4, 0.5) is 4.39 Å². The zero-order valence-corrected chi connectivity index (χ0v) is 11.0. The molecule has 0 atom stereocenters. The molecule has 0 radical (unpaired) electrons. The summed E-state index contributed by atoms with van der Waals surface area (Å²) in [5.41, 5.74) is 1.98. The molecule has 0 N–H and O–H groups in total. The molecule has 4 heteroatoms. The van der Waals surface area contributed by atoms with Crippen molar-refractivity contribution in [2.75, 3.05) is 0 Å². The molecular formula is C13H18FN3.